The van der Waals surface area contributed by atoms with E-state index >= 15 is 0 Å². The van der Waals surface area contributed by atoms with E-state index in [1.54, 1.807) is 24.3 Å². The van der Waals surface area contributed by atoms with Crippen molar-refractivity contribution in [3.8, 4) is 5.75 Å². The van der Waals surface area contributed by atoms with Gasteiger partial charge < -0.3 is 15.0 Å². The predicted octanol–water partition coefficient (Wildman–Crippen LogP) is 5.58. The van der Waals surface area contributed by atoms with Gasteiger partial charge in [0.1, 0.15) is 18.3 Å². The summed E-state index contributed by atoms with van der Waals surface area (Å²) in [5.41, 5.74) is 2.12. The maximum Gasteiger partial charge on any atom is 0.264 e. The van der Waals surface area contributed by atoms with Gasteiger partial charge in [-0.05, 0) is 86.3 Å². The Morgan fingerprint density at radius 3 is 2.20 bits per heavy atom. The average molecular weight is 600 g/mol. The third kappa shape index (κ3) is 8.24. The fourth-order valence-electron chi connectivity index (χ4n) is 4.39. The maximum absolute atomic E-state index is 14.1. The average Bonchev–Trinajstić information content (AvgIpc) is 2.96. The molecule has 2 amide bonds. The smallest absolute Gasteiger partial charge is 0.264 e. The van der Waals surface area contributed by atoms with E-state index in [0.29, 0.717) is 30.3 Å². The van der Waals surface area contributed by atoms with E-state index < -0.39 is 28.5 Å². The molecule has 0 aliphatic carbocycles. The SMILES string of the molecule is CCCNC(=O)[C@H](CC)N(Cc1ccccc1C)C(=O)CN(c1ccc(OCC)cc1)S(=O)(=O)c1ccc(Cl)cc1. The molecule has 0 radical (unpaired) electrons. The van der Waals surface area contributed by atoms with Crippen LogP contribution in [0.15, 0.2) is 77.7 Å². The normalized spacial score (nSPS) is 11.9. The highest BCUT2D eigenvalue weighted by Gasteiger charge is 2.33. The monoisotopic (exact) mass is 599 g/mol. The summed E-state index contributed by atoms with van der Waals surface area (Å²) < 4.78 is 34.5. The van der Waals surface area contributed by atoms with Crippen LogP contribution in [0, 0.1) is 6.92 Å². The molecule has 220 valence electrons. The number of carbonyl (C=O) groups is 2. The molecule has 0 aromatic heterocycles. The molecular formula is C31H38ClN3O5S. The number of anilines is 1. The molecule has 0 spiro atoms. The summed E-state index contributed by atoms with van der Waals surface area (Å²) >= 11 is 6.02. The molecule has 3 rings (SSSR count). The van der Waals surface area contributed by atoms with Crippen molar-refractivity contribution in [1.29, 1.82) is 0 Å². The molecule has 1 N–H and O–H groups in total. The summed E-state index contributed by atoms with van der Waals surface area (Å²) in [5.74, 6) is -0.200. The number of halogens is 1. The number of nitrogens with one attached hydrogen (secondary N) is 1. The molecule has 1 atom stereocenters. The summed E-state index contributed by atoms with van der Waals surface area (Å²) in [7, 11) is -4.19. The highest BCUT2D eigenvalue weighted by molar-refractivity contribution is 7.92. The number of amides is 2. The Morgan fingerprint density at radius 1 is 0.951 bits per heavy atom. The molecule has 41 heavy (non-hydrogen) atoms. The summed E-state index contributed by atoms with van der Waals surface area (Å²) in [6.45, 7) is 8.16. The van der Waals surface area contributed by atoms with Crippen LogP contribution >= 0.6 is 11.6 Å². The topological polar surface area (TPSA) is 96.0 Å². The zero-order valence-corrected chi connectivity index (χ0v) is 25.5. The number of hydrogen-bond acceptors (Lipinski definition) is 5. The molecule has 10 heteroatoms. The summed E-state index contributed by atoms with van der Waals surface area (Å²) in [5, 5.41) is 3.28. The first-order chi connectivity index (χ1) is 19.6. The Hall–Kier alpha value is -3.56. The Morgan fingerprint density at radius 2 is 1.61 bits per heavy atom. The third-order valence-corrected chi connectivity index (χ3v) is 8.69. The Kier molecular flexibility index (Phi) is 11.6. The second-order valence-corrected chi connectivity index (χ2v) is 11.9. The fraction of sp³-hybridized carbons (Fsp3) is 0.355. The molecule has 0 fully saturated rings. The molecule has 0 saturated heterocycles. The van der Waals surface area contributed by atoms with Crippen LogP contribution in [0.1, 0.15) is 44.7 Å². The van der Waals surface area contributed by atoms with Crippen LogP contribution < -0.4 is 14.4 Å². The molecule has 3 aromatic rings. The molecule has 0 bridgehead atoms. The first-order valence-corrected chi connectivity index (χ1v) is 15.6. The van der Waals surface area contributed by atoms with Gasteiger partial charge in [0.05, 0.1) is 17.2 Å². The zero-order chi connectivity index (χ0) is 30.0. The number of benzene rings is 3. The van der Waals surface area contributed by atoms with Crippen LogP contribution in [0.3, 0.4) is 0 Å². The van der Waals surface area contributed by atoms with Crippen molar-refractivity contribution < 1.29 is 22.7 Å². The fourth-order valence-corrected chi connectivity index (χ4v) is 5.93. The Labute approximate surface area is 248 Å². The molecule has 0 aliphatic rings. The van der Waals surface area contributed by atoms with Crippen LogP contribution in [0.4, 0.5) is 5.69 Å². The maximum atomic E-state index is 14.1. The van der Waals surface area contributed by atoms with Crippen molar-refractivity contribution in [2.45, 2.75) is 58.0 Å². The number of nitrogens with zero attached hydrogens (tertiary/aromatic N) is 2. The lowest BCUT2D eigenvalue weighted by atomic mass is 10.1. The van der Waals surface area contributed by atoms with E-state index in [1.165, 1.54) is 29.2 Å². The van der Waals surface area contributed by atoms with Crippen LogP contribution in [-0.4, -0.2) is 50.9 Å². The van der Waals surface area contributed by atoms with Gasteiger partial charge in [-0.25, -0.2) is 8.42 Å². The number of hydrogen-bond donors (Lipinski definition) is 1. The lowest BCUT2D eigenvalue weighted by molar-refractivity contribution is -0.140. The molecule has 0 aliphatic heterocycles. The van der Waals surface area contributed by atoms with Crippen LogP contribution in [-0.2, 0) is 26.2 Å². The lowest BCUT2D eigenvalue weighted by Gasteiger charge is -2.33. The number of carbonyl (C=O) groups excluding carboxylic acids is 2. The molecule has 0 heterocycles. The zero-order valence-electron chi connectivity index (χ0n) is 24.0. The minimum Gasteiger partial charge on any atom is -0.494 e. The van der Waals surface area contributed by atoms with Crippen molar-refractivity contribution in [3.05, 3.63) is 88.9 Å². The minimum atomic E-state index is -4.19. The second kappa shape index (κ2) is 14.9. The number of rotatable bonds is 14. The second-order valence-electron chi connectivity index (χ2n) is 9.56. The van der Waals surface area contributed by atoms with E-state index in [9.17, 15) is 18.0 Å². The van der Waals surface area contributed by atoms with Gasteiger partial charge in [0.15, 0.2) is 0 Å². The van der Waals surface area contributed by atoms with Gasteiger partial charge in [-0.1, -0.05) is 49.7 Å². The summed E-state index contributed by atoms with van der Waals surface area (Å²) in [6.07, 6.45) is 1.11. The highest BCUT2D eigenvalue weighted by Crippen LogP contribution is 2.27. The lowest BCUT2D eigenvalue weighted by Crippen LogP contribution is -2.52. The Bertz CT molecular complexity index is 1410. The van der Waals surface area contributed by atoms with Crippen LogP contribution in [0.25, 0.3) is 0 Å². The van der Waals surface area contributed by atoms with E-state index in [2.05, 4.69) is 5.32 Å². The van der Waals surface area contributed by atoms with Crippen molar-refractivity contribution in [1.82, 2.24) is 10.2 Å². The standard InChI is InChI=1S/C31H38ClN3O5S/c1-5-20-33-31(37)29(6-2)34(21-24-11-9-8-10-23(24)4)30(36)22-35(26-14-16-27(17-15-26)40-7-3)41(38,39)28-18-12-25(32)13-19-28/h8-19,29H,5-7,20-22H2,1-4H3,(H,33,37)/t29-/m0/s1. The number of sulfonamides is 1. The largest absolute Gasteiger partial charge is 0.494 e. The van der Waals surface area contributed by atoms with Gasteiger partial charge in [0.2, 0.25) is 11.8 Å². The molecule has 0 unspecified atom stereocenters. The van der Waals surface area contributed by atoms with Gasteiger partial charge in [-0.3, -0.25) is 13.9 Å². The van der Waals surface area contributed by atoms with Crippen molar-refractivity contribution in [2.24, 2.45) is 0 Å². The predicted molar refractivity (Wildman–Crippen MR) is 163 cm³/mol. The molecular weight excluding hydrogens is 562 g/mol. The van der Waals surface area contributed by atoms with Crippen LogP contribution in [0.2, 0.25) is 5.02 Å². The van der Waals surface area contributed by atoms with Gasteiger partial charge in [0, 0.05) is 18.1 Å². The highest BCUT2D eigenvalue weighted by atomic mass is 35.5. The number of aryl methyl sites for hydroxylation is 1. The van der Waals surface area contributed by atoms with Gasteiger partial charge in [-0.15, -0.1) is 0 Å². The summed E-state index contributed by atoms with van der Waals surface area (Å²) in [4.78, 5) is 28.8. The van der Waals surface area contributed by atoms with Gasteiger partial charge in [0.25, 0.3) is 10.0 Å². The van der Waals surface area contributed by atoms with Gasteiger partial charge >= 0.3 is 0 Å². The van der Waals surface area contributed by atoms with Gasteiger partial charge in [-0.2, -0.15) is 0 Å². The van der Waals surface area contributed by atoms with E-state index in [-0.39, 0.29) is 23.0 Å². The van der Waals surface area contributed by atoms with Crippen molar-refractivity contribution in [2.75, 3.05) is 24.0 Å². The van der Waals surface area contributed by atoms with E-state index in [0.717, 1.165) is 21.9 Å². The van der Waals surface area contributed by atoms with E-state index in [4.69, 9.17) is 16.3 Å². The molecule has 0 saturated carbocycles. The quantitative estimate of drug-likeness (QED) is 0.261. The number of ether oxygens (including phenoxy) is 1. The first kappa shape index (κ1) is 32.0. The van der Waals surface area contributed by atoms with E-state index in [1.807, 2.05) is 52.0 Å². The summed E-state index contributed by atoms with van der Waals surface area (Å²) in [6, 6.07) is 19.1. The minimum absolute atomic E-state index is 0.0123. The Balaban J connectivity index is 2.06. The van der Waals surface area contributed by atoms with Crippen molar-refractivity contribution >= 4 is 39.1 Å². The molecule has 8 nitrogen and oxygen atoms in total. The first-order valence-electron chi connectivity index (χ1n) is 13.7. The van der Waals surface area contributed by atoms with Crippen LogP contribution in [0.5, 0.6) is 5.75 Å². The third-order valence-electron chi connectivity index (χ3n) is 6.65. The van der Waals surface area contributed by atoms with Crippen molar-refractivity contribution in [3.63, 3.8) is 0 Å². The molecule has 3 aromatic carbocycles.